The fraction of sp³-hybridized carbons (Fsp3) is 0.526. The fourth-order valence-electron chi connectivity index (χ4n) is 3.89. The van der Waals surface area contributed by atoms with Gasteiger partial charge >= 0.3 is 0 Å². The molecule has 0 spiro atoms. The van der Waals surface area contributed by atoms with E-state index in [4.69, 9.17) is 0 Å². The standard InChI is InChI=1S/C19H22FN3OS/c20-16-9-7-14(8-10-16)19(24)23-11-3-6-15(12-23)18-22-21-17(25-18)13-4-1-2-5-13/h7-10,13,15H,1-6,11-12H2. The third-order valence-corrected chi connectivity index (χ3v) is 6.56. The molecule has 1 aromatic heterocycles. The molecule has 2 heterocycles. The van der Waals surface area contributed by atoms with Crippen molar-refractivity contribution in [2.75, 3.05) is 13.1 Å². The number of aromatic nitrogens is 2. The van der Waals surface area contributed by atoms with Gasteiger partial charge in [-0.05, 0) is 49.9 Å². The highest BCUT2D eigenvalue weighted by molar-refractivity contribution is 7.11. The van der Waals surface area contributed by atoms with Crippen molar-refractivity contribution >= 4 is 17.2 Å². The molecule has 0 bridgehead atoms. The number of likely N-dealkylation sites (tertiary alicyclic amines) is 1. The number of carbonyl (C=O) groups is 1. The van der Waals surface area contributed by atoms with E-state index in [1.165, 1.54) is 42.8 Å². The molecule has 1 amide bonds. The maximum Gasteiger partial charge on any atom is 0.253 e. The molecule has 0 radical (unpaired) electrons. The van der Waals surface area contributed by atoms with E-state index in [1.54, 1.807) is 23.5 Å². The van der Waals surface area contributed by atoms with Crippen LogP contribution in [0, 0.1) is 5.82 Å². The van der Waals surface area contributed by atoms with Crippen LogP contribution in [0.25, 0.3) is 0 Å². The molecule has 1 aliphatic carbocycles. The van der Waals surface area contributed by atoms with Gasteiger partial charge in [0.05, 0.1) is 0 Å². The van der Waals surface area contributed by atoms with Crippen LogP contribution in [0.15, 0.2) is 24.3 Å². The quantitative estimate of drug-likeness (QED) is 0.818. The number of nitrogens with zero attached hydrogens (tertiary/aromatic N) is 3. The van der Waals surface area contributed by atoms with Crippen LogP contribution in [-0.2, 0) is 0 Å². The zero-order chi connectivity index (χ0) is 17.2. The number of piperidine rings is 1. The van der Waals surface area contributed by atoms with Gasteiger partial charge in [-0.2, -0.15) is 0 Å². The summed E-state index contributed by atoms with van der Waals surface area (Å²) in [5, 5.41) is 11.1. The lowest BCUT2D eigenvalue weighted by Gasteiger charge is -2.31. The second kappa shape index (κ2) is 7.20. The Morgan fingerprint density at radius 2 is 1.64 bits per heavy atom. The number of benzene rings is 1. The zero-order valence-electron chi connectivity index (χ0n) is 14.2. The van der Waals surface area contributed by atoms with Gasteiger partial charge in [-0.3, -0.25) is 4.79 Å². The van der Waals surface area contributed by atoms with E-state index in [0.29, 0.717) is 18.0 Å². The monoisotopic (exact) mass is 359 g/mol. The molecule has 6 heteroatoms. The van der Waals surface area contributed by atoms with Crippen molar-refractivity contribution < 1.29 is 9.18 Å². The minimum Gasteiger partial charge on any atom is -0.338 e. The van der Waals surface area contributed by atoms with Crippen molar-refractivity contribution in [1.29, 1.82) is 0 Å². The van der Waals surface area contributed by atoms with Gasteiger partial charge in [0.2, 0.25) is 0 Å². The number of carbonyl (C=O) groups excluding carboxylic acids is 1. The molecule has 25 heavy (non-hydrogen) atoms. The van der Waals surface area contributed by atoms with Gasteiger partial charge in [-0.25, -0.2) is 4.39 Å². The van der Waals surface area contributed by atoms with Crippen molar-refractivity contribution in [2.24, 2.45) is 0 Å². The van der Waals surface area contributed by atoms with Gasteiger partial charge in [0.15, 0.2) is 0 Å². The van der Waals surface area contributed by atoms with Gasteiger partial charge in [-0.1, -0.05) is 12.8 Å². The molecule has 1 unspecified atom stereocenters. The maximum atomic E-state index is 13.1. The first kappa shape index (κ1) is 16.6. The first-order valence-corrected chi connectivity index (χ1v) is 9.90. The minimum atomic E-state index is -0.318. The highest BCUT2D eigenvalue weighted by Crippen LogP contribution is 2.38. The lowest BCUT2D eigenvalue weighted by atomic mass is 9.98. The number of hydrogen-bond acceptors (Lipinski definition) is 4. The second-order valence-electron chi connectivity index (χ2n) is 7.06. The van der Waals surface area contributed by atoms with E-state index in [9.17, 15) is 9.18 Å². The Kier molecular flexibility index (Phi) is 4.79. The zero-order valence-corrected chi connectivity index (χ0v) is 15.0. The maximum absolute atomic E-state index is 13.1. The van der Waals surface area contributed by atoms with Gasteiger partial charge in [0, 0.05) is 30.5 Å². The number of halogens is 1. The molecule has 1 aromatic carbocycles. The predicted octanol–water partition coefficient (Wildman–Crippen LogP) is 4.35. The molecule has 4 rings (SSSR count). The summed E-state index contributed by atoms with van der Waals surface area (Å²) in [5.74, 6) is 0.518. The van der Waals surface area contributed by atoms with Crippen LogP contribution in [0.1, 0.15) is 70.7 Å². The Morgan fingerprint density at radius 1 is 1.00 bits per heavy atom. The summed E-state index contributed by atoms with van der Waals surface area (Å²) in [4.78, 5) is 14.5. The molecule has 2 aromatic rings. The summed E-state index contributed by atoms with van der Waals surface area (Å²) in [6.07, 6.45) is 7.07. The molecule has 1 aliphatic heterocycles. The summed E-state index contributed by atoms with van der Waals surface area (Å²) in [6, 6.07) is 5.80. The van der Waals surface area contributed by atoms with Crippen molar-refractivity contribution in [1.82, 2.24) is 15.1 Å². The topological polar surface area (TPSA) is 46.1 Å². The summed E-state index contributed by atoms with van der Waals surface area (Å²) in [6.45, 7) is 1.43. The number of rotatable bonds is 3. The highest BCUT2D eigenvalue weighted by atomic mass is 32.1. The molecule has 1 atom stereocenters. The third kappa shape index (κ3) is 3.59. The summed E-state index contributed by atoms with van der Waals surface area (Å²) < 4.78 is 13.1. The third-order valence-electron chi connectivity index (χ3n) is 5.31. The second-order valence-corrected chi connectivity index (χ2v) is 8.10. The minimum absolute atomic E-state index is 0.0229. The molecule has 4 nitrogen and oxygen atoms in total. The van der Waals surface area contributed by atoms with Crippen molar-refractivity contribution in [2.45, 2.75) is 50.4 Å². The SMILES string of the molecule is O=C(c1ccc(F)cc1)N1CCCC(c2nnc(C3CCCC3)s2)C1. The van der Waals surface area contributed by atoms with Crippen LogP contribution in [0.3, 0.4) is 0 Å². The Labute approximate surface area is 151 Å². The van der Waals surface area contributed by atoms with Crippen LogP contribution >= 0.6 is 11.3 Å². The van der Waals surface area contributed by atoms with Crippen LogP contribution < -0.4 is 0 Å². The van der Waals surface area contributed by atoms with Crippen LogP contribution in [0.4, 0.5) is 4.39 Å². The normalized spacial score (nSPS) is 21.6. The van der Waals surface area contributed by atoms with E-state index in [1.807, 2.05) is 4.90 Å². The molecule has 2 aliphatic rings. The molecule has 0 N–H and O–H groups in total. The first-order chi connectivity index (χ1) is 12.2. The molecule has 132 valence electrons. The molecule has 2 fully saturated rings. The van der Waals surface area contributed by atoms with Gasteiger partial charge in [-0.15, -0.1) is 21.5 Å². The lowest BCUT2D eigenvalue weighted by molar-refractivity contribution is 0.0707. The van der Waals surface area contributed by atoms with Crippen LogP contribution in [0.5, 0.6) is 0 Å². The fourth-order valence-corrected chi connectivity index (χ4v) is 5.03. The summed E-state index contributed by atoms with van der Waals surface area (Å²) in [5.41, 5.74) is 0.547. The van der Waals surface area contributed by atoms with E-state index < -0.39 is 0 Å². The highest BCUT2D eigenvalue weighted by Gasteiger charge is 2.29. The van der Waals surface area contributed by atoms with Crippen molar-refractivity contribution in [3.63, 3.8) is 0 Å². The average Bonchev–Trinajstić information content (AvgIpc) is 3.33. The molecule has 1 saturated carbocycles. The summed E-state index contributed by atoms with van der Waals surface area (Å²) >= 11 is 1.74. The van der Waals surface area contributed by atoms with E-state index in [2.05, 4.69) is 10.2 Å². The number of hydrogen-bond donors (Lipinski definition) is 0. The average molecular weight is 359 g/mol. The molecule has 1 saturated heterocycles. The lowest BCUT2D eigenvalue weighted by Crippen LogP contribution is -2.39. The first-order valence-electron chi connectivity index (χ1n) is 9.09. The van der Waals surface area contributed by atoms with Gasteiger partial charge < -0.3 is 4.90 Å². The molecular weight excluding hydrogens is 337 g/mol. The van der Waals surface area contributed by atoms with E-state index >= 15 is 0 Å². The van der Waals surface area contributed by atoms with Crippen molar-refractivity contribution in [3.05, 3.63) is 45.7 Å². The van der Waals surface area contributed by atoms with Crippen LogP contribution in [-0.4, -0.2) is 34.1 Å². The Morgan fingerprint density at radius 3 is 2.36 bits per heavy atom. The summed E-state index contributed by atoms with van der Waals surface area (Å²) in [7, 11) is 0. The van der Waals surface area contributed by atoms with Gasteiger partial charge in [0.25, 0.3) is 5.91 Å². The Bertz CT molecular complexity index is 739. The Balaban J connectivity index is 1.45. The van der Waals surface area contributed by atoms with Crippen LogP contribution in [0.2, 0.25) is 0 Å². The molecular formula is C19H22FN3OS. The van der Waals surface area contributed by atoms with E-state index in [-0.39, 0.29) is 17.6 Å². The Hall–Kier alpha value is -1.82. The number of amides is 1. The van der Waals surface area contributed by atoms with E-state index in [0.717, 1.165) is 24.4 Å². The smallest absolute Gasteiger partial charge is 0.253 e. The predicted molar refractivity (Wildman–Crippen MR) is 95.4 cm³/mol. The largest absolute Gasteiger partial charge is 0.338 e. The van der Waals surface area contributed by atoms with Crippen molar-refractivity contribution in [3.8, 4) is 0 Å². The van der Waals surface area contributed by atoms with Gasteiger partial charge in [0.1, 0.15) is 15.8 Å².